The quantitative estimate of drug-likeness (QED) is 0.543. The number of anilines is 1. The van der Waals surface area contributed by atoms with Crippen LogP contribution >= 0.6 is 11.8 Å². The number of nitrogens with two attached hydrogens (primary N) is 1. The van der Waals surface area contributed by atoms with E-state index in [4.69, 9.17) is 16.6 Å². The van der Waals surface area contributed by atoms with Crippen LogP contribution in [0.25, 0.3) is 5.57 Å². The van der Waals surface area contributed by atoms with Crippen LogP contribution in [0, 0.1) is 10.8 Å². The molecule has 0 unspecified atom stereocenters. The summed E-state index contributed by atoms with van der Waals surface area (Å²) in [5, 5.41) is 19.9. The first-order chi connectivity index (χ1) is 14.0. The van der Waals surface area contributed by atoms with Gasteiger partial charge in [-0.15, -0.1) is 0 Å². The Balaban J connectivity index is 1.81. The van der Waals surface area contributed by atoms with Crippen LogP contribution in [-0.2, 0) is 6.54 Å². The summed E-state index contributed by atoms with van der Waals surface area (Å²) in [6.07, 6.45) is 4.75. The molecule has 0 saturated carbocycles. The van der Waals surface area contributed by atoms with Gasteiger partial charge in [0.05, 0.1) is 16.3 Å². The van der Waals surface area contributed by atoms with Crippen LogP contribution in [0.5, 0.6) is 0 Å². The molecule has 2 heterocycles. The van der Waals surface area contributed by atoms with Crippen LogP contribution in [0.15, 0.2) is 58.3 Å². The van der Waals surface area contributed by atoms with E-state index in [0.29, 0.717) is 34.4 Å². The largest absolute Gasteiger partial charge is 0.405 e. The zero-order valence-corrected chi connectivity index (χ0v) is 17.4. The molecule has 0 spiro atoms. The van der Waals surface area contributed by atoms with Crippen molar-refractivity contribution in [1.29, 1.82) is 10.8 Å². The maximum atomic E-state index is 8.31. The molecule has 0 saturated heterocycles. The molecule has 0 atom stereocenters. The highest BCUT2D eigenvalue weighted by atomic mass is 32.2. The van der Waals surface area contributed by atoms with Gasteiger partial charge in [0.1, 0.15) is 17.2 Å². The van der Waals surface area contributed by atoms with Crippen LogP contribution in [0.2, 0.25) is 0 Å². The zero-order chi connectivity index (χ0) is 21.0. The van der Waals surface area contributed by atoms with Gasteiger partial charge in [-0.1, -0.05) is 36.0 Å². The number of fused-ring (bicyclic) bond motifs is 1. The second kappa shape index (κ2) is 8.83. The molecule has 0 amide bonds. The Labute approximate surface area is 174 Å². The fourth-order valence-electron chi connectivity index (χ4n) is 2.94. The van der Waals surface area contributed by atoms with E-state index in [1.54, 1.807) is 20.0 Å². The number of allylic oxidation sites excluding steroid dienone is 2. The van der Waals surface area contributed by atoms with Gasteiger partial charge >= 0.3 is 0 Å². The molecule has 0 fully saturated rings. The molecule has 0 aliphatic carbocycles. The normalized spacial score (nSPS) is 15.6. The Kier molecular flexibility index (Phi) is 6.23. The third-order valence-corrected chi connectivity index (χ3v) is 5.61. The number of hydrogen-bond donors (Lipinski definition) is 4. The molecule has 1 aromatic carbocycles. The van der Waals surface area contributed by atoms with E-state index in [9.17, 15) is 0 Å². The second-order valence-corrected chi connectivity index (χ2v) is 7.50. The minimum Gasteiger partial charge on any atom is -0.405 e. The van der Waals surface area contributed by atoms with Gasteiger partial charge in [0.25, 0.3) is 0 Å². The van der Waals surface area contributed by atoms with Gasteiger partial charge in [0.2, 0.25) is 0 Å². The number of benzene rings is 1. The molecule has 2 aromatic rings. The zero-order valence-electron chi connectivity index (χ0n) is 16.6. The van der Waals surface area contributed by atoms with Crippen LogP contribution < -0.4 is 11.1 Å². The number of thioether (sulfide) groups is 1. The highest BCUT2D eigenvalue weighted by Gasteiger charge is 2.29. The first kappa shape index (κ1) is 20.5. The number of rotatable bonds is 6. The summed E-state index contributed by atoms with van der Waals surface area (Å²) in [6.45, 7) is 4.16. The Morgan fingerprint density at radius 2 is 1.97 bits per heavy atom. The number of nitrogens with one attached hydrogen (secondary N) is 3. The number of aliphatic imine (C=N–C) groups is 1. The van der Waals surface area contributed by atoms with Crippen LogP contribution in [-0.4, -0.2) is 33.5 Å². The lowest BCUT2D eigenvalue weighted by molar-refractivity contribution is 1.03. The summed E-state index contributed by atoms with van der Waals surface area (Å²) in [7, 11) is 1.74. The van der Waals surface area contributed by atoms with E-state index in [1.165, 1.54) is 24.3 Å². The SMILES string of the molecule is CN=C(C=CN)c1ccc(CNc2ncnc3c2SC(=N)/C3=C(/C)C(C)=N)cc1. The summed E-state index contributed by atoms with van der Waals surface area (Å²) >= 11 is 1.33. The first-order valence-electron chi connectivity index (χ1n) is 9.03. The first-order valence-corrected chi connectivity index (χ1v) is 9.84. The van der Waals surface area contributed by atoms with Gasteiger partial charge in [-0.25, -0.2) is 9.97 Å². The van der Waals surface area contributed by atoms with Gasteiger partial charge in [0, 0.05) is 24.9 Å². The van der Waals surface area contributed by atoms with Crippen molar-refractivity contribution in [3.8, 4) is 0 Å². The summed E-state index contributed by atoms with van der Waals surface area (Å²) in [4.78, 5) is 13.8. The van der Waals surface area contributed by atoms with Crippen LogP contribution in [0.3, 0.4) is 0 Å². The van der Waals surface area contributed by atoms with E-state index in [0.717, 1.165) is 27.3 Å². The van der Waals surface area contributed by atoms with Crippen molar-refractivity contribution in [2.45, 2.75) is 25.3 Å². The maximum absolute atomic E-state index is 8.31. The van der Waals surface area contributed by atoms with Crippen LogP contribution in [0.4, 0.5) is 5.82 Å². The Hall–Kier alpha value is -3.26. The molecule has 8 heteroatoms. The van der Waals surface area contributed by atoms with E-state index in [-0.39, 0.29) is 0 Å². The summed E-state index contributed by atoms with van der Waals surface area (Å²) < 4.78 is 0. The van der Waals surface area contributed by atoms with Crippen molar-refractivity contribution in [3.63, 3.8) is 0 Å². The van der Waals surface area contributed by atoms with Crippen molar-refractivity contribution in [3.05, 3.63) is 65.3 Å². The third kappa shape index (κ3) is 4.27. The van der Waals surface area contributed by atoms with Crippen molar-refractivity contribution < 1.29 is 0 Å². The minimum atomic E-state index is 0.399. The maximum Gasteiger partial charge on any atom is 0.144 e. The van der Waals surface area contributed by atoms with Gasteiger partial charge in [-0.3, -0.25) is 10.4 Å². The molecule has 5 N–H and O–H groups in total. The molecular weight excluding hydrogens is 382 g/mol. The van der Waals surface area contributed by atoms with Gasteiger partial charge < -0.3 is 16.5 Å². The lowest BCUT2D eigenvalue weighted by Gasteiger charge is -2.10. The van der Waals surface area contributed by atoms with E-state index in [2.05, 4.69) is 20.3 Å². The molecule has 148 valence electrons. The lowest BCUT2D eigenvalue weighted by Crippen LogP contribution is -2.05. The highest BCUT2D eigenvalue weighted by molar-refractivity contribution is 8.15. The van der Waals surface area contributed by atoms with E-state index in [1.807, 2.05) is 31.2 Å². The van der Waals surface area contributed by atoms with Crippen molar-refractivity contribution in [2.75, 3.05) is 12.4 Å². The smallest absolute Gasteiger partial charge is 0.144 e. The van der Waals surface area contributed by atoms with Gasteiger partial charge in [-0.2, -0.15) is 0 Å². The molecule has 3 rings (SSSR count). The predicted molar refractivity (Wildman–Crippen MR) is 121 cm³/mol. The Morgan fingerprint density at radius 1 is 1.24 bits per heavy atom. The summed E-state index contributed by atoms with van der Waals surface area (Å²) in [6, 6.07) is 8.07. The molecule has 0 bridgehead atoms. The van der Waals surface area contributed by atoms with Crippen LogP contribution in [0.1, 0.15) is 30.7 Å². The average molecular weight is 406 g/mol. The predicted octanol–water partition coefficient (Wildman–Crippen LogP) is 3.88. The summed E-state index contributed by atoms with van der Waals surface area (Å²) in [5.74, 6) is 0.695. The molecule has 1 aliphatic rings. The second-order valence-electron chi connectivity index (χ2n) is 6.47. The molecule has 7 nitrogen and oxygen atoms in total. The standard InChI is InChI=1S/C21H23N7S/c1-12(13(2)23)17-18-19(29-20(17)24)21(28-11-27-18)26-10-14-4-6-15(7-5-14)16(25-3)8-9-22/h4-9,11,23-24H,10,22H2,1-3H3,(H,26,27,28)/b9-8?,17-12-,23-13?,24-20?,25-16?. The fourth-order valence-corrected chi connectivity index (χ4v) is 3.97. The van der Waals surface area contributed by atoms with Gasteiger partial charge in [-0.05, 0) is 42.8 Å². The Morgan fingerprint density at radius 3 is 2.59 bits per heavy atom. The summed E-state index contributed by atoms with van der Waals surface area (Å²) in [5.41, 5.74) is 11.0. The van der Waals surface area contributed by atoms with E-state index < -0.39 is 0 Å². The number of aromatic nitrogens is 2. The molecule has 1 aliphatic heterocycles. The highest BCUT2D eigenvalue weighted by Crippen LogP contribution is 2.44. The number of nitrogens with zero attached hydrogens (tertiary/aromatic N) is 3. The average Bonchev–Trinajstić information content (AvgIpc) is 3.06. The fraction of sp³-hybridized carbons (Fsp3) is 0.190. The van der Waals surface area contributed by atoms with Gasteiger partial charge in [0.15, 0.2) is 0 Å². The van der Waals surface area contributed by atoms with E-state index >= 15 is 0 Å². The third-order valence-electron chi connectivity index (χ3n) is 4.61. The monoisotopic (exact) mass is 405 g/mol. The molecular formula is C21H23N7S. The van der Waals surface area contributed by atoms with Crippen molar-refractivity contribution in [1.82, 2.24) is 9.97 Å². The molecule has 0 radical (unpaired) electrons. The van der Waals surface area contributed by atoms with Crippen molar-refractivity contribution >= 4 is 39.6 Å². The van der Waals surface area contributed by atoms with Crippen molar-refractivity contribution in [2.24, 2.45) is 10.7 Å². The molecule has 1 aromatic heterocycles. The molecule has 29 heavy (non-hydrogen) atoms. The topological polar surface area (TPSA) is 124 Å². The lowest BCUT2D eigenvalue weighted by atomic mass is 10.0. The Bertz CT molecular complexity index is 1050. The number of hydrogen-bond acceptors (Lipinski definition) is 8. The minimum absolute atomic E-state index is 0.399.